The smallest absolute Gasteiger partial charge is 0.194 e. The Hall–Kier alpha value is -1.27. The van der Waals surface area contributed by atoms with Crippen LogP contribution in [0.1, 0.15) is 19.8 Å². The molecule has 6 heteroatoms. The van der Waals surface area contributed by atoms with E-state index in [1.54, 1.807) is 0 Å². The first-order chi connectivity index (χ1) is 11.4. The lowest BCUT2D eigenvalue weighted by molar-refractivity contribution is 0.131. The Bertz CT molecular complexity index is 479. The van der Waals surface area contributed by atoms with Gasteiger partial charge in [0.1, 0.15) is 0 Å². The van der Waals surface area contributed by atoms with Gasteiger partial charge in [-0.05, 0) is 43.2 Å². The minimum Gasteiger partial charge on any atom is -0.379 e. The van der Waals surface area contributed by atoms with Crippen LogP contribution in [0.3, 0.4) is 0 Å². The van der Waals surface area contributed by atoms with E-state index in [-0.39, 0.29) is 0 Å². The predicted molar refractivity (Wildman–Crippen MR) is 97.6 cm³/mol. The van der Waals surface area contributed by atoms with Crippen molar-refractivity contribution in [3.63, 3.8) is 0 Å². The molecule has 0 amide bonds. The van der Waals surface area contributed by atoms with Crippen LogP contribution in [-0.4, -0.2) is 63.3 Å². The topological polar surface area (TPSA) is 40.1 Å². The number of hydrogen-bond acceptors (Lipinski definition) is 4. The van der Waals surface area contributed by atoms with E-state index in [0.29, 0.717) is 0 Å². The molecule has 1 aromatic heterocycles. The zero-order valence-corrected chi connectivity index (χ0v) is 14.9. The summed E-state index contributed by atoms with van der Waals surface area (Å²) in [6.07, 6.45) is 2.70. The molecule has 2 heterocycles. The average molecular weight is 337 g/mol. The summed E-state index contributed by atoms with van der Waals surface area (Å²) < 4.78 is 5.68. The molecule has 3 rings (SSSR count). The van der Waals surface area contributed by atoms with Crippen molar-refractivity contribution < 1.29 is 4.74 Å². The van der Waals surface area contributed by atoms with Gasteiger partial charge in [0.15, 0.2) is 5.96 Å². The van der Waals surface area contributed by atoms with Gasteiger partial charge < -0.3 is 19.9 Å². The second-order valence-electron chi connectivity index (χ2n) is 6.18. The van der Waals surface area contributed by atoms with Crippen LogP contribution in [0.4, 0.5) is 5.00 Å². The number of thiophene rings is 1. The normalized spacial score (nSPS) is 19.3. The molecule has 128 valence electrons. The van der Waals surface area contributed by atoms with Gasteiger partial charge >= 0.3 is 0 Å². The summed E-state index contributed by atoms with van der Waals surface area (Å²) in [4.78, 5) is 9.56. The molecule has 1 saturated carbocycles. The van der Waals surface area contributed by atoms with E-state index < -0.39 is 0 Å². The van der Waals surface area contributed by atoms with Crippen LogP contribution in [0.2, 0.25) is 0 Å². The van der Waals surface area contributed by atoms with Gasteiger partial charge in [-0.2, -0.15) is 0 Å². The minimum atomic E-state index is 0.737. The molecule has 0 spiro atoms. The van der Waals surface area contributed by atoms with E-state index in [1.807, 2.05) is 11.3 Å². The van der Waals surface area contributed by atoms with Crippen LogP contribution in [0, 0.1) is 5.92 Å². The molecule has 0 aromatic carbocycles. The van der Waals surface area contributed by atoms with E-state index in [9.17, 15) is 0 Å². The van der Waals surface area contributed by atoms with E-state index in [2.05, 4.69) is 39.6 Å². The number of piperazine rings is 1. The van der Waals surface area contributed by atoms with Crippen molar-refractivity contribution in [3.05, 3.63) is 17.5 Å². The van der Waals surface area contributed by atoms with Crippen LogP contribution < -0.4 is 10.2 Å². The van der Waals surface area contributed by atoms with Crippen LogP contribution >= 0.6 is 11.3 Å². The molecule has 1 aliphatic heterocycles. The van der Waals surface area contributed by atoms with E-state index in [1.165, 1.54) is 17.8 Å². The maximum Gasteiger partial charge on any atom is 0.194 e. The van der Waals surface area contributed by atoms with E-state index >= 15 is 0 Å². The molecule has 1 N–H and O–H groups in total. The predicted octanol–water partition coefficient (Wildman–Crippen LogP) is 2.26. The van der Waals surface area contributed by atoms with Gasteiger partial charge in [-0.3, -0.25) is 4.99 Å². The van der Waals surface area contributed by atoms with Gasteiger partial charge in [0.2, 0.25) is 0 Å². The van der Waals surface area contributed by atoms with Crippen LogP contribution in [0.25, 0.3) is 0 Å². The third-order valence-electron chi connectivity index (χ3n) is 4.28. The maximum absolute atomic E-state index is 5.68. The number of nitrogens with one attached hydrogen (secondary N) is 1. The first kappa shape index (κ1) is 16.6. The second-order valence-corrected chi connectivity index (χ2v) is 7.11. The summed E-state index contributed by atoms with van der Waals surface area (Å²) in [5, 5.41) is 6.94. The lowest BCUT2D eigenvalue weighted by atomic mass is 10.3. The van der Waals surface area contributed by atoms with Gasteiger partial charge in [-0.15, -0.1) is 11.3 Å². The van der Waals surface area contributed by atoms with Gasteiger partial charge in [0.25, 0.3) is 0 Å². The summed E-state index contributed by atoms with van der Waals surface area (Å²) >= 11 is 1.82. The quantitative estimate of drug-likeness (QED) is 0.471. The molecular weight excluding hydrogens is 308 g/mol. The monoisotopic (exact) mass is 336 g/mol. The highest BCUT2D eigenvalue weighted by Gasteiger charge is 2.21. The highest BCUT2D eigenvalue weighted by Crippen LogP contribution is 2.28. The number of hydrogen-bond donors (Lipinski definition) is 1. The van der Waals surface area contributed by atoms with Crippen molar-refractivity contribution in [2.45, 2.75) is 19.8 Å². The summed E-state index contributed by atoms with van der Waals surface area (Å²) in [7, 11) is 0. The fourth-order valence-corrected chi connectivity index (χ4v) is 3.55. The van der Waals surface area contributed by atoms with Crippen molar-refractivity contribution >= 4 is 22.3 Å². The molecule has 0 unspecified atom stereocenters. The highest BCUT2D eigenvalue weighted by atomic mass is 32.1. The van der Waals surface area contributed by atoms with E-state index in [4.69, 9.17) is 9.73 Å². The Morgan fingerprint density at radius 3 is 2.83 bits per heavy atom. The third-order valence-corrected chi connectivity index (χ3v) is 5.21. The van der Waals surface area contributed by atoms with Crippen molar-refractivity contribution in [2.75, 3.05) is 57.4 Å². The van der Waals surface area contributed by atoms with Crippen LogP contribution in [0.5, 0.6) is 0 Å². The Balaban J connectivity index is 1.43. The number of nitrogens with zero attached hydrogens (tertiary/aromatic N) is 3. The molecular formula is C17H28N4OS. The summed E-state index contributed by atoms with van der Waals surface area (Å²) in [6.45, 7) is 9.60. The Kier molecular flexibility index (Phi) is 6.16. The van der Waals surface area contributed by atoms with Crippen LogP contribution in [0.15, 0.2) is 22.5 Å². The Morgan fingerprint density at radius 1 is 1.35 bits per heavy atom. The fraction of sp³-hybridized carbons (Fsp3) is 0.706. The van der Waals surface area contributed by atoms with Crippen LogP contribution in [-0.2, 0) is 4.74 Å². The first-order valence-corrected chi connectivity index (χ1v) is 9.64. The molecule has 1 aliphatic carbocycles. The number of ether oxygens (including phenoxy) is 1. The van der Waals surface area contributed by atoms with Crippen molar-refractivity contribution in [3.8, 4) is 0 Å². The number of aliphatic imine (C=N–C) groups is 1. The number of anilines is 1. The molecule has 0 bridgehead atoms. The number of guanidine groups is 1. The van der Waals surface area contributed by atoms with Gasteiger partial charge in [0, 0.05) is 39.3 Å². The maximum atomic E-state index is 5.68. The molecule has 2 fully saturated rings. The highest BCUT2D eigenvalue weighted by molar-refractivity contribution is 7.14. The zero-order chi connectivity index (χ0) is 15.9. The Labute approximate surface area is 143 Å². The first-order valence-electron chi connectivity index (χ1n) is 8.76. The molecule has 1 aromatic rings. The molecule has 0 atom stereocenters. The molecule has 23 heavy (non-hydrogen) atoms. The molecule has 0 radical (unpaired) electrons. The lowest BCUT2D eigenvalue weighted by Gasteiger charge is -2.37. The van der Waals surface area contributed by atoms with Crippen molar-refractivity contribution in [1.29, 1.82) is 0 Å². The van der Waals surface area contributed by atoms with E-state index in [0.717, 1.165) is 64.4 Å². The summed E-state index contributed by atoms with van der Waals surface area (Å²) in [5.74, 6) is 1.87. The fourth-order valence-electron chi connectivity index (χ4n) is 2.76. The summed E-state index contributed by atoms with van der Waals surface area (Å²) in [6, 6.07) is 4.33. The largest absolute Gasteiger partial charge is 0.379 e. The van der Waals surface area contributed by atoms with Crippen molar-refractivity contribution in [2.24, 2.45) is 10.9 Å². The van der Waals surface area contributed by atoms with Gasteiger partial charge in [-0.25, -0.2) is 0 Å². The average Bonchev–Trinajstić information content (AvgIpc) is 3.24. The standard InChI is InChI=1S/C17H28N4OS/c1-2-18-17(19-7-12-22-14-15-5-6-15)21-10-8-20(9-11-21)16-4-3-13-23-16/h3-4,13,15H,2,5-12,14H2,1H3,(H,18,19). The third kappa shape index (κ3) is 5.11. The zero-order valence-electron chi connectivity index (χ0n) is 14.0. The Morgan fingerprint density at radius 2 is 2.17 bits per heavy atom. The van der Waals surface area contributed by atoms with Crippen molar-refractivity contribution in [1.82, 2.24) is 10.2 Å². The summed E-state index contributed by atoms with van der Waals surface area (Å²) in [5.41, 5.74) is 0. The number of rotatable bonds is 7. The molecule has 1 saturated heterocycles. The SMILES string of the molecule is CCNC(=NCCOCC1CC1)N1CCN(c2cccs2)CC1. The molecule has 5 nitrogen and oxygen atoms in total. The molecule has 2 aliphatic rings. The lowest BCUT2D eigenvalue weighted by Crippen LogP contribution is -2.52. The minimum absolute atomic E-state index is 0.737. The van der Waals surface area contributed by atoms with Gasteiger partial charge in [0.05, 0.1) is 18.2 Å². The second kappa shape index (κ2) is 8.55. The van der Waals surface area contributed by atoms with Gasteiger partial charge in [-0.1, -0.05) is 0 Å².